The average molecular weight is 268 g/mol. The van der Waals surface area contributed by atoms with Crippen LogP contribution in [0.15, 0.2) is 60.0 Å². The van der Waals surface area contributed by atoms with Gasteiger partial charge >= 0.3 is 0 Å². The molecular weight excluding hydrogens is 250 g/mol. The van der Waals surface area contributed by atoms with Crippen LogP contribution in [0.5, 0.6) is 0 Å². The SMILES string of the molecule is C[n+]1cccc(C(=O)N/N=C/CCc2ccccc2)c1. The third-order valence-corrected chi connectivity index (χ3v) is 2.86. The van der Waals surface area contributed by atoms with E-state index >= 15 is 0 Å². The van der Waals surface area contributed by atoms with Crippen LogP contribution in [0.1, 0.15) is 22.3 Å². The Balaban J connectivity index is 1.77. The van der Waals surface area contributed by atoms with Crippen molar-refractivity contribution in [3.63, 3.8) is 0 Å². The van der Waals surface area contributed by atoms with E-state index in [4.69, 9.17) is 0 Å². The number of amides is 1. The Labute approximate surface area is 118 Å². The molecule has 0 fully saturated rings. The molecule has 1 aromatic carbocycles. The van der Waals surface area contributed by atoms with Gasteiger partial charge in [0.1, 0.15) is 12.6 Å². The first kappa shape index (κ1) is 13.9. The van der Waals surface area contributed by atoms with Crippen molar-refractivity contribution in [2.75, 3.05) is 0 Å². The molecule has 0 saturated carbocycles. The highest BCUT2D eigenvalue weighted by atomic mass is 16.2. The Morgan fingerprint density at radius 1 is 1.25 bits per heavy atom. The number of rotatable bonds is 5. The standard InChI is InChI=1S/C16H17N3O/c1-19-12-6-10-15(13-19)16(20)18-17-11-5-9-14-7-3-2-4-8-14/h2-4,6-8,10-13H,5,9H2,1H3/p+1/b17-11+. The Hall–Kier alpha value is -2.49. The highest BCUT2D eigenvalue weighted by molar-refractivity contribution is 5.93. The number of nitrogens with zero attached hydrogens (tertiary/aromatic N) is 2. The van der Waals surface area contributed by atoms with Crippen LogP contribution in [0.2, 0.25) is 0 Å². The van der Waals surface area contributed by atoms with Crippen molar-refractivity contribution in [1.82, 2.24) is 5.43 Å². The van der Waals surface area contributed by atoms with Gasteiger partial charge in [-0.15, -0.1) is 0 Å². The normalized spacial score (nSPS) is 10.7. The molecule has 1 N–H and O–H groups in total. The zero-order valence-electron chi connectivity index (χ0n) is 11.5. The van der Waals surface area contributed by atoms with Crippen molar-refractivity contribution >= 4 is 12.1 Å². The Morgan fingerprint density at radius 2 is 2.05 bits per heavy atom. The second-order valence-electron chi connectivity index (χ2n) is 4.53. The number of hydrogen-bond donors (Lipinski definition) is 1. The molecule has 1 amide bonds. The quantitative estimate of drug-likeness (QED) is 0.502. The van der Waals surface area contributed by atoms with Crippen LogP contribution in [0.4, 0.5) is 0 Å². The molecule has 20 heavy (non-hydrogen) atoms. The highest BCUT2D eigenvalue weighted by Crippen LogP contribution is 2.00. The summed E-state index contributed by atoms with van der Waals surface area (Å²) in [6.45, 7) is 0. The van der Waals surface area contributed by atoms with E-state index in [2.05, 4.69) is 22.7 Å². The van der Waals surface area contributed by atoms with Crippen LogP contribution < -0.4 is 9.99 Å². The fraction of sp³-hybridized carbons (Fsp3) is 0.188. The predicted molar refractivity (Wildman–Crippen MR) is 78.3 cm³/mol. The molecule has 102 valence electrons. The third kappa shape index (κ3) is 4.31. The molecule has 0 atom stereocenters. The van der Waals surface area contributed by atoms with Gasteiger partial charge in [-0.1, -0.05) is 30.3 Å². The number of benzene rings is 1. The Morgan fingerprint density at radius 3 is 2.80 bits per heavy atom. The lowest BCUT2D eigenvalue weighted by Gasteiger charge is -1.98. The lowest BCUT2D eigenvalue weighted by molar-refractivity contribution is -0.671. The molecule has 0 aliphatic rings. The summed E-state index contributed by atoms with van der Waals surface area (Å²) in [6.07, 6.45) is 7.08. The predicted octanol–water partition coefficient (Wildman–Crippen LogP) is 1.86. The van der Waals surface area contributed by atoms with Gasteiger partial charge < -0.3 is 0 Å². The summed E-state index contributed by atoms with van der Waals surface area (Å²) in [5.74, 6) is -0.197. The Bertz CT molecular complexity index is 594. The van der Waals surface area contributed by atoms with Gasteiger partial charge in [0.05, 0.1) is 0 Å². The number of hydrogen-bond acceptors (Lipinski definition) is 2. The number of carbonyl (C=O) groups excluding carboxylic acids is 1. The van der Waals surface area contributed by atoms with Crippen LogP contribution in [0, 0.1) is 0 Å². The molecular formula is C16H18N3O+. The highest BCUT2D eigenvalue weighted by Gasteiger charge is 2.06. The maximum Gasteiger partial charge on any atom is 0.277 e. The summed E-state index contributed by atoms with van der Waals surface area (Å²) in [5, 5.41) is 3.96. The zero-order chi connectivity index (χ0) is 14.2. The van der Waals surface area contributed by atoms with E-state index in [0.29, 0.717) is 5.56 Å². The van der Waals surface area contributed by atoms with Crippen molar-refractivity contribution in [1.29, 1.82) is 0 Å². The van der Waals surface area contributed by atoms with Gasteiger partial charge in [-0.3, -0.25) is 4.79 Å². The molecule has 0 aliphatic carbocycles. The number of carbonyl (C=O) groups is 1. The Kier molecular flexibility index (Phi) is 5.00. The summed E-state index contributed by atoms with van der Waals surface area (Å²) < 4.78 is 1.83. The molecule has 0 radical (unpaired) electrons. The second kappa shape index (κ2) is 7.19. The second-order valence-corrected chi connectivity index (χ2v) is 4.53. The molecule has 4 heteroatoms. The summed E-state index contributed by atoms with van der Waals surface area (Å²) in [6, 6.07) is 13.8. The lowest BCUT2D eigenvalue weighted by atomic mass is 10.1. The first-order chi connectivity index (χ1) is 9.75. The van der Waals surface area contributed by atoms with Crippen LogP contribution in [-0.2, 0) is 13.5 Å². The third-order valence-electron chi connectivity index (χ3n) is 2.86. The van der Waals surface area contributed by atoms with E-state index in [1.807, 2.05) is 42.1 Å². The van der Waals surface area contributed by atoms with Gasteiger partial charge in [0.2, 0.25) is 0 Å². The van der Waals surface area contributed by atoms with E-state index in [1.165, 1.54) is 5.56 Å². The molecule has 1 aromatic heterocycles. The van der Waals surface area contributed by atoms with E-state index in [1.54, 1.807) is 18.5 Å². The first-order valence-corrected chi connectivity index (χ1v) is 6.57. The largest absolute Gasteiger partial charge is 0.277 e. The summed E-state index contributed by atoms with van der Waals surface area (Å²) in [4.78, 5) is 11.8. The minimum atomic E-state index is -0.197. The van der Waals surface area contributed by atoms with Gasteiger partial charge in [-0.05, 0) is 24.5 Å². The van der Waals surface area contributed by atoms with Crippen molar-refractivity contribution in [2.45, 2.75) is 12.8 Å². The molecule has 2 rings (SSSR count). The number of aryl methyl sites for hydroxylation is 2. The molecule has 4 nitrogen and oxygen atoms in total. The van der Waals surface area contributed by atoms with Crippen molar-refractivity contribution in [3.8, 4) is 0 Å². The van der Waals surface area contributed by atoms with Crippen LogP contribution in [0.3, 0.4) is 0 Å². The molecule has 0 unspecified atom stereocenters. The number of aromatic nitrogens is 1. The minimum absolute atomic E-state index is 0.197. The van der Waals surface area contributed by atoms with Crippen molar-refractivity contribution in [3.05, 3.63) is 66.0 Å². The lowest BCUT2D eigenvalue weighted by Crippen LogP contribution is -2.29. The van der Waals surface area contributed by atoms with Gasteiger partial charge in [-0.25, -0.2) is 9.99 Å². The number of nitrogens with one attached hydrogen (secondary N) is 1. The number of hydrazone groups is 1. The van der Waals surface area contributed by atoms with Crippen molar-refractivity contribution in [2.24, 2.45) is 12.1 Å². The maximum atomic E-state index is 11.8. The maximum absolute atomic E-state index is 11.8. The van der Waals surface area contributed by atoms with Gasteiger partial charge in [-0.2, -0.15) is 5.10 Å². The molecule has 1 heterocycles. The fourth-order valence-corrected chi connectivity index (χ4v) is 1.83. The number of pyridine rings is 1. The molecule has 2 aromatic rings. The van der Waals surface area contributed by atoms with E-state index in [-0.39, 0.29) is 5.91 Å². The van der Waals surface area contributed by atoms with E-state index in [9.17, 15) is 4.79 Å². The topological polar surface area (TPSA) is 45.3 Å². The van der Waals surface area contributed by atoms with Crippen LogP contribution in [-0.4, -0.2) is 12.1 Å². The molecule has 0 bridgehead atoms. The van der Waals surface area contributed by atoms with E-state index < -0.39 is 0 Å². The summed E-state index contributed by atoms with van der Waals surface area (Å²) in [7, 11) is 1.87. The first-order valence-electron chi connectivity index (χ1n) is 6.57. The average Bonchev–Trinajstić information content (AvgIpc) is 2.48. The minimum Gasteiger partial charge on any atom is -0.267 e. The monoisotopic (exact) mass is 268 g/mol. The van der Waals surface area contributed by atoms with Gasteiger partial charge in [0.25, 0.3) is 5.91 Å². The van der Waals surface area contributed by atoms with Crippen molar-refractivity contribution < 1.29 is 9.36 Å². The summed E-state index contributed by atoms with van der Waals surface area (Å²) >= 11 is 0. The smallest absolute Gasteiger partial charge is 0.267 e. The van der Waals surface area contributed by atoms with Gasteiger partial charge in [0.15, 0.2) is 12.4 Å². The summed E-state index contributed by atoms with van der Waals surface area (Å²) in [5.41, 5.74) is 4.39. The van der Waals surface area contributed by atoms with Crippen LogP contribution in [0.25, 0.3) is 0 Å². The fourth-order valence-electron chi connectivity index (χ4n) is 1.83. The molecule has 0 spiro atoms. The van der Waals surface area contributed by atoms with Gasteiger partial charge in [0, 0.05) is 12.3 Å². The molecule has 0 saturated heterocycles. The van der Waals surface area contributed by atoms with Crippen LogP contribution >= 0.6 is 0 Å². The molecule has 0 aliphatic heterocycles. The zero-order valence-corrected chi connectivity index (χ0v) is 11.5. The van der Waals surface area contributed by atoms with E-state index in [0.717, 1.165) is 12.8 Å².